The van der Waals surface area contributed by atoms with E-state index in [1.165, 1.54) is 0 Å². The fourth-order valence-electron chi connectivity index (χ4n) is 3.00. The molecule has 1 saturated heterocycles. The van der Waals surface area contributed by atoms with Crippen molar-refractivity contribution in [1.29, 1.82) is 0 Å². The van der Waals surface area contributed by atoms with E-state index in [0.29, 0.717) is 17.4 Å². The van der Waals surface area contributed by atoms with Crippen LogP contribution in [0.15, 0.2) is 36.7 Å². The second kappa shape index (κ2) is 7.62. The van der Waals surface area contributed by atoms with Gasteiger partial charge in [-0.05, 0) is 43.7 Å². The third kappa shape index (κ3) is 4.56. The van der Waals surface area contributed by atoms with Crippen LogP contribution in [0.5, 0.6) is 0 Å². The van der Waals surface area contributed by atoms with Crippen LogP contribution in [0.3, 0.4) is 0 Å². The number of likely N-dealkylation sites (tertiary alicyclic amines) is 1. The number of carbonyl (C=O) groups is 1. The van der Waals surface area contributed by atoms with Crippen LogP contribution in [0.4, 0.5) is 5.69 Å². The highest BCUT2D eigenvalue weighted by Gasteiger charge is 2.23. The van der Waals surface area contributed by atoms with Gasteiger partial charge in [-0.1, -0.05) is 11.6 Å². The van der Waals surface area contributed by atoms with Crippen LogP contribution in [-0.2, 0) is 4.79 Å². The van der Waals surface area contributed by atoms with Crippen LogP contribution in [0, 0.1) is 0 Å². The molecule has 1 aromatic heterocycles. The maximum atomic E-state index is 12.1. The van der Waals surface area contributed by atoms with E-state index < -0.39 is 0 Å². The second-order valence-corrected chi connectivity index (χ2v) is 6.36. The fraction of sp³-hybridized carbons (Fsp3) is 0.412. The number of nitrogens with zero attached hydrogens (tertiary/aromatic N) is 2. The summed E-state index contributed by atoms with van der Waals surface area (Å²) in [5.41, 5.74) is 0.784. The molecule has 2 aromatic rings. The molecule has 5 nitrogen and oxygen atoms in total. The average molecular weight is 333 g/mol. The number of H-pyrrole nitrogens is 1. The first-order chi connectivity index (χ1) is 11.2. The zero-order chi connectivity index (χ0) is 16.1. The number of halogens is 1. The lowest BCUT2D eigenvalue weighted by molar-refractivity contribution is -0.116. The van der Waals surface area contributed by atoms with E-state index in [0.717, 1.165) is 44.0 Å². The van der Waals surface area contributed by atoms with Crippen molar-refractivity contribution in [1.82, 2.24) is 14.9 Å². The molecular formula is C17H21ClN4O. The standard InChI is InChI=1S/C17H21ClN4O/c18-14-3-5-15(6-4-14)21-16(23)7-11-22-10-1-2-13(12-22)17-19-8-9-20-17/h3-6,8-9,13H,1-2,7,10-12H2,(H,19,20)(H,21,23)/t13-/m0/s1. The normalized spacial score (nSPS) is 18.7. The average Bonchev–Trinajstić information content (AvgIpc) is 3.10. The van der Waals surface area contributed by atoms with Crippen molar-refractivity contribution >= 4 is 23.2 Å². The Kier molecular flexibility index (Phi) is 5.31. The molecule has 0 saturated carbocycles. The molecule has 0 unspecified atom stereocenters. The van der Waals surface area contributed by atoms with Gasteiger partial charge in [-0.25, -0.2) is 4.98 Å². The van der Waals surface area contributed by atoms with Gasteiger partial charge in [0.2, 0.25) is 5.91 Å². The molecule has 0 spiro atoms. The fourth-order valence-corrected chi connectivity index (χ4v) is 3.12. The molecule has 1 aliphatic rings. The van der Waals surface area contributed by atoms with E-state index in [4.69, 9.17) is 11.6 Å². The van der Waals surface area contributed by atoms with Gasteiger partial charge in [0, 0.05) is 48.5 Å². The van der Waals surface area contributed by atoms with Crippen LogP contribution in [0.25, 0.3) is 0 Å². The number of hydrogen-bond donors (Lipinski definition) is 2. The van der Waals surface area contributed by atoms with E-state index in [9.17, 15) is 4.79 Å². The van der Waals surface area contributed by atoms with Gasteiger partial charge in [0.25, 0.3) is 0 Å². The van der Waals surface area contributed by atoms with Crippen molar-refractivity contribution in [2.24, 2.45) is 0 Å². The number of rotatable bonds is 5. The third-order valence-corrected chi connectivity index (χ3v) is 4.45. The topological polar surface area (TPSA) is 61.0 Å². The minimum Gasteiger partial charge on any atom is -0.348 e. The molecular weight excluding hydrogens is 312 g/mol. The Labute approximate surface area is 141 Å². The van der Waals surface area contributed by atoms with E-state index >= 15 is 0 Å². The molecule has 23 heavy (non-hydrogen) atoms. The van der Waals surface area contributed by atoms with Crippen LogP contribution < -0.4 is 5.32 Å². The molecule has 122 valence electrons. The Hall–Kier alpha value is -1.85. The summed E-state index contributed by atoms with van der Waals surface area (Å²) >= 11 is 5.84. The second-order valence-electron chi connectivity index (χ2n) is 5.92. The lowest BCUT2D eigenvalue weighted by Gasteiger charge is -2.31. The lowest BCUT2D eigenvalue weighted by atomic mass is 9.97. The molecule has 1 aliphatic heterocycles. The Morgan fingerprint density at radius 2 is 2.22 bits per heavy atom. The van der Waals surface area contributed by atoms with Gasteiger partial charge < -0.3 is 15.2 Å². The Morgan fingerprint density at radius 1 is 1.39 bits per heavy atom. The number of carbonyl (C=O) groups excluding carboxylic acids is 1. The SMILES string of the molecule is O=C(CCN1CCC[C@H](c2ncc[nH]2)C1)Nc1ccc(Cl)cc1. The minimum atomic E-state index is 0.0347. The van der Waals surface area contributed by atoms with Crippen LogP contribution in [0.2, 0.25) is 5.02 Å². The molecule has 0 radical (unpaired) electrons. The summed E-state index contributed by atoms with van der Waals surface area (Å²) in [6, 6.07) is 7.17. The molecule has 2 N–H and O–H groups in total. The summed E-state index contributed by atoms with van der Waals surface area (Å²) in [5.74, 6) is 1.53. The zero-order valence-electron chi connectivity index (χ0n) is 13.0. The van der Waals surface area contributed by atoms with Crippen molar-refractivity contribution < 1.29 is 4.79 Å². The summed E-state index contributed by atoms with van der Waals surface area (Å²) < 4.78 is 0. The molecule has 0 bridgehead atoms. The van der Waals surface area contributed by atoms with E-state index in [2.05, 4.69) is 20.2 Å². The van der Waals surface area contributed by atoms with Crippen LogP contribution in [-0.4, -0.2) is 40.4 Å². The third-order valence-electron chi connectivity index (χ3n) is 4.19. The van der Waals surface area contributed by atoms with Gasteiger partial charge in [0.05, 0.1) is 0 Å². The van der Waals surface area contributed by atoms with Gasteiger partial charge >= 0.3 is 0 Å². The van der Waals surface area contributed by atoms with Crippen LogP contribution in [0.1, 0.15) is 31.0 Å². The molecule has 1 amide bonds. The van der Waals surface area contributed by atoms with E-state index in [1.54, 1.807) is 18.3 Å². The van der Waals surface area contributed by atoms with Gasteiger partial charge in [-0.15, -0.1) is 0 Å². The molecule has 2 heterocycles. The number of aromatic amines is 1. The van der Waals surface area contributed by atoms with Gasteiger partial charge in [0.15, 0.2) is 0 Å². The number of imidazole rings is 1. The predicted octanol–water partition coefficient (Wildman–Crippen LogP) is 3.27. The van der Waals surface area contributed by atoms with Crippen molar-refractivity contribution in [3.05, 3.63) is 47.5 Å². The summed E-state index contributed by atoms with van der Waals surface area (Å²) in [7, 11) is 0. The minimum absolute atomic E-state index is 0.0347. The number of aromatic nitrogens is 2. The quantitative estimate of drug-likeness (QED) is 0.883. The predicted molar refractivity (Wildman–Crippen MR) is 91.7 cm³/mol. The number of nitrogens with one attached hydrogen (secondary N) is 2. The zero-order valence-corrected chi connectivity index (χ0v) is 13.7. The summed E-state index contributed by atoms with van der Waals surface area (Å²) in [6.07, 6.45) is 6.46. The number of amides is 1. The van der Waals surface area contributed by atoms with Crippen molar-refractivity contribution in [3.63, 3.8) is 0 Å². The van der Waals surface area contributed by atoms with Crippen LogP contribution >= 0.6 is 11.6 Å². The molecule has 6 heteroatoms. The first-order valence-corrected chi connectivity index (χ1v) is 8.35. The highest BCUT2D eigenvalue weighted by atomic mass is 35.5. The van der Waals surface area contributed by atoms with Gasteiger partial charge in [-0.3, -0.25) is 4.79 Å². The molecule has 0 aliphatic carbocycles. The first kappa shape index (κ1) is 16.0. The van der Waals surface area contributed by atoms with Crippen molar-refractivity contribution in [2.75, 3.05) is 25.0 Å². The molecule has 1 aromatic carbocycles. The number of anilines is 1. The molecule has 1 fully saturated rings. The summed E-state index contributed by atoms with van der Waals surface area (Å²) in [4.78, 5) is 22.0. The number of piperidine rings is 1. The highest BCUT2D eigenvalue weighted by molar-refractivity contribution is 6.30. The Morgan fingerprint density at radius 3 is 2.96 bits per heavy atom. The first-order valence-electron chi connectivity index (χ1n) is 7.98. The number of benzene rings is 1. The maximum Gasteiger partial charge on any atom is 0.225 e. The molecule has 1 atom stereocenters. The Bertz CT molecular complexity index is 627. The summed E-state index contributed by atoms with van der Waals surface area (Å²) in [5, 5.41) is 3.57. The number of hydrogen-bond acceptors (Lipinski definition) is 3. The van der Waals surface area contributed by atoms with E-state index in [1.807, 2.05) is 18.3 Å². The van der Waals surface area contributed by atoms with Gasteiger partial charge in [0.1, 0.15) is 5.82 Å². The monoisotopic (exact) mass is 332 g/mol. The van der Waals surface area contributed by atoms with Gasteiger partial charge in [-0.2, -0.15) is 0 Å². The maximum absolute atomic E-state index is 12.1. The smallest absolute Gasteiger partial charge is 0.225 e. The Balaban J connectivity index is 1.46. The molecule has 3 rings (SSSR count). The van der Waals surface area contributed by atoms with E-state index in [-0.39, 0.29) is 5.91 Å². The van der Waals surface area contributed by atoms with Crippen molar-refractivity contribution in [2.45, 2.75) is 25.2 Å². The van der Waals surface area contributed by atoms with Crippen molar-refractivity contribution in [3.8, 4) is 0 Å². The summed E-state index contributed by atoms with van der Waals surface area (Å²) in [6.45, 7) is 2.78. The largest absolute Gasteiger partial charge is 0.348 e. The highest BCUT2D eigenvalue weighted by Crippen LogP contribution is 2.24. The lowest BCUT2D eigenvalue weighted by Crippen LogP contribution is -2.36.